The van der Waals surface area contributed by atoms with Crippen LogP contribution in [0.15, 0.2) is 121 Å². The summed E-state index contributed by atoms with van der Waals surface area (Å²) in [6.45, 7) is 0. The molecule has 6 aromatic rings. The molecular weight excluding hydrogens is 842 g/mol. The Balaban J connectivity index is 0. The van der Waals surface area contributed by atoms with E-state index in [9.17, 15) is 64.0 Å². The summed E-state index contributed by atoms with van der Waals surface area (Å²) in [5.41, 5.74) is -3.78. The van der Waals surface area contributed by atoms with Crippen LogP contribution in [0.4, 0.5) is 43.9 Å². The average Bonchev–Trinajstić information content (AvgIpc) is 3.90. The van der Waals surface area contributed by atoms with E-state index in [0.717, 1.165) is 0 Å². The normalized spacial score (nSPS) is 9.08. The van der Waals surface area contributed by atoms with Gasteiger partial charge in [0.05, 0.1) is 0 Å². The van der Waals surface area contributed by atoms with Gasteiger partial charge in [-0.3, -0.25) is 0 Å². The molecule has 0 radical (unpaired) electrons. The Bertz CT molecular complexity index is 1380. The molecule has 0 saturated carbocycles. The number of hydrogen-bond donors (Lipinski definition) is 0. The zero-order chi connectivity index (χ0) is 36.2. The largest absolute Gasteiger partial charge is 4.00 e. The molecule has 0 N–H and O–H groups in total. The fraction of sp³-hybridized carbons (Fsp3) is 0. The van der Waals surface area contributed by atoms with Gasteiger partial charge in [0.1, 0.15) is 0 Å². The third-order valence-electron chi connectivity index (χ3n) is 5.18. The standard InChI is InChI=1S/2C6BF5O2.4C5H5.2Zr/c2*8-2-1(7(13)14)3(9)5(11)6(12)4(2)10;4*1-2-4-5-3-1;;/h;;4*1-5H;;/q2*-2;4*-1;2*+4. The molecule has 0 saturated heterocycles. The van der Waals surface area contributed by atoms with Crippen LogP contribution in [0.2, 0.25) is 0 Å². The summed E-state index contributed by atoms with van der Waals surface area (Å²) >= 11 is 0. The molecule has 4 nitrogen and oxygen atoms in total. The molecule has 18 heteroatoms. The number of benzene rings is 2. The molecule has 256 valence electrons. The first-order valence-electron chi connectivity index (χ1n) is 13.1. The van der Waals surface area contributed by atoms with Gasteiger partial charge in [0, 0.05) is 0 Å². The van der Waals surface area contributed by atoms with Crippen molar-refractivity contribution >= 4 is 25.2 Å². The first-order valence-corrected chi connectivity index (χ1v) is 13.1. The number of hydrogen-bond acceptors (Lipinski definition) is 4. The van der Waals surface area contributed by atoms with Gasteiger partial charge >= 0.3 is 52.4 Å². The molecule has 0 aromatic heterocycles. The van der Waals surface area contributed by atoms with E-state index in [1.165, 1.54) is 0 Å². The van der Waals surface area contributed by atoms with Crippen LogP contribution < -0.4 is 31.0 Å². The summed E-state index contributed by atoms with van der Waals surface area (Å²) in [4.78, 5) is 0. The molecule has 6 rings (SSSR count). The van der Waals surface area contributed by atoms with Gasteiger partial charge in [0.15, 0.2) is 58.2 Å². The topological polar surface area (TPSA) is 92.2 Å². The van der Waals surface area contributed by atoms with Crippen molar-refractivity contribution in [3.63, 3.8) is 0 Å². The van der Waals surface area contributed by atoms with Crippen molar-refractivity contribution in [1.82, 2.24) is 0 Å². The second-order valence-electron chi connectivity index (χ2n) is 8.48. The Morgan fingerprint density at radius 2 is 0.440 bits per heavy atom. The predicted octanol–water partition coefficient (Wildman–Crippen LogP) is 3.21. The Morgan fingerprint density at radius 1 is 0.300 bits per heavy atom. The van der Waals surface area contributed by atoms with Crippen LogP contribution in [0.25, 0.3) is 0 Å². The molecule has 0 bridgehead atoms. The Hall–Kier alpha value is -3.12. The van der Waals surface area contributed by atoms with E-state index >= 15 is 0 Å². The Morgan fingerprint density at radius 3 is 0.540 bits per heavy atom. The maximum atomic E-state index is 12.5. The fourth-order valence-corrected chi connectivity index (χ4v) is 2.94. The van der Waals surface area contributed by atoms with Crippen LogP contribution in [-0.4, -0.2) is 14.2 Å². The van der Waals surface area contributed by atoms with Crippen LogP contribution in [0.1, 0.15) is 0 Å². The zero-order valence-electron chi connectivity index (χ0n) is 25.1. The van der Waals surface area contributed by atoms with Gasteiger partial charge in [0.25, 0.3) is 0 Å². The van der Waals surface area contributed by atoms with E-state index in [2.05, 4.69) is 0 Å². The van der Waals surface area contributed by atoms with Gasteiger partial charge < -0.3 is 20.1 Å². The van der Waals surface area contributed by atoms with E-state index in [4.69, 9.17) is 0 Å². The Labute approximate surface area is 319 Å². The molecule has 0 amide bonds. The molecule has 0 spiro atoms. The quantitative estimate of drug-likeness (QED) is 0.0881. The summed E-state index contributed by atoms with van der Waals surface area (Å²) in [7, 11) is -6.53. The van der Waals surface area contributed by atoms with Gasteiger partial charge in [-0.05, 0) is 10.9 Å². The summed E-state index contributed by atoms with van der Waals surface area (Å²) in [6.07, 6.45) is 0. The number of halogens is 10. The first-order chi connectivity index (χ1) is 22.7. The Kier molecular flexibility index (Phi) is 26.1. The third kappa shape index (κ3) is 16.3. The fourth-order valence-electron chi connectivity index (χ4n) is 2.94. The van der Waals surface area contributed by atoms with Crippen LogP contribution in [-0.2, 0) is 52.4 Å². The molecule has 0 atom stereocenters. The van der Waals surface area contributed by atoms with Crippen LogP contribution >= 0.6 is 0 Å². The van der Waals surface area contributed by atoms with E-state index in [-0.39, 0.29) is 52.4 Å². The third-order valence-corrected chi connectivity index (χ3v) is 5.18. The van der Waals surface area contributed by atoms with Crippen LogP contribution in [0.5, 0.6) is 0 Å². The molecule has 6 aromatic carbocycles. The van der Waals surface area contributed by atoms with Gasteiger partial charge in [-0.2, -0.15) is 72.8 Å². The second-order valence-corrected chi connectivity index (χ2v) is 8.48. The summed E-state index contributed by atoms with van der Waals surface area (Å²) in [5, 5.41) is 40.4. The van der Waals surface area contributed by atoms with Gasteiger partial charge in [0.2, 0.25) is 0 Å². The second kappa shape index (κ2) is 26.7. The van der Waals surface area contributed by atoms with Gasteiger partial charge in [-0.15, -0.1) is 0 Å². The minimum Gasteiger partial charge on any atom is -0.889 e. The summed E-state index contributed by atoms with van der Waals surface area (Å²) in [5.74, 6) is -23.5. The monoisotopic (exact) mass is 860 g/mol. The molecule has 0 unspecified atom stereocenters. The summed E-state index contributed by atoms with van der Waals surface area (Å²) < 4.78 is 124. The smallest absolute Gasteiger partial charge is 0.889 e. The van der Waals surface area contributed by atoms with Crippen molar-refractivity contribution in [1.29, 1.82) is 0 Å². The van der Waals surface area contributed by atoms with E-state index in [0.29, 0.717) is 0 Å². The van der Waals surface area contributed by atoms with E-state index in [1.54, 1.807) is 0 Å². The van der Waals surface area contributed by atoms with E-state index in [1.807, 2.05) is 121 Å². The van der Waals surface area contributed by atoms with Gasteiger partial charge in [-0.1, -0.05) is 14.2 Å². The number of rotatable bonds is 2. The average molecular weight is 863 g/mol. The molecule has 0 aliphatic rings. The first kappa shape index (κ1) is 49.0. The van der Waals surface area contributed by atoms with Crippen LogP contribution in [0.3, 0.4) is 0 Å². The predicted molar refractivity (Wildman–Crippen MR) is 151 cm³/mol. The SMILES string of the molecule is [O-]B([O-])c1c(F)c(F)c(F)c(F)c1F.[O-]B([O-])c1c(F)c(F)c(F)c(F)c1F.[Zr+4].[Zr+4].c1cc[cH-]c1.c1cc[cH-]c1.c1cc[cH-]c1.c1cc[cH-]c1. The molecule has 0 aliphatic carbocycles. The molecule has 0 heterocycles. The maximum absolute atomic E-state index is 12.5. The molecule has 0 fully saturated rings. The van der Waals surface area contributed by atoms with Crippen molar-refractivity contribution in [2.24, 2.45) is 0 Å². The molecule has 50 heavy (non-hydrogen) atoms. The van der Waals surface area contributed by atoms with Crippen LogP contribution in [0, 0.1) is 58.2 Å². The van der Waals surface area contributed by atoms with Crippen molar-refractivity contribution in [3.8, 4) is 0 Å². The van der Waals surface area contributed by atoms with E-state index < -0.39 is 83.3 Å². The minimum atomic E-state index is -3.26. The van der Waals surface area contributed by atoms with Crippen molar-refractivity contribution in [2.45, 2.75) is 0 Å². The van der Waals surface area contributed by atoms with Crippen molar-refractivity contribution in [2.75, 3.05) is 0 Å². The maximum Gasteiger partial charge on any atom is 4.00 e. The zero-order valence-corrected chi connectivity index (χ0v) is 30.0. The van der Waals surface area contributed by atoms with Crippen molar-refractivity contribution in [3.05, 3.63) is 179 Å². The van der Waals surface area contributed by atoms with Gasteiger partial charge in [-0.25, -0.2) is 92.4 Å². The summed E-state index contributed by atoms with van der Waals surface area (Å²) in [6, 6.07) is 40.0. The molecule has 0 aliphatic heterocycles. The van der Waals surface area contributed by atoms with Crippen molar-refractivity contribution < 1.29 is 116 Å². The molecular formula is C32H20B2F10O4Zr2. The minimum absolute atomic E-state index is 0.